The number of anilines is 1. The lowest BCUT2D eigenvalue weighted by molar-refractivity contribution is 0.341. The van der Waals surface area contributed by atoms with E-state index in [0.29, 0.717) is 6.61 Å². The van der Waals surface area contributed by atoms with E-state index < -0.39 is 0 Å². The van der Waals surface area contributed by atoms with Gasteiger partial charge in [0.05, 0.1) is 6.61 Å². The molecule has 0 unspecified atom stereocenters. The number of nitrogens with zero attached hydrogens (tertiary/aromatic N) is 2. The van der Waals surface area contributed by atoms with Crippen molar-refractivity contribution >= 4 is 22.8 Å². The summed E-state index contributed by atoms with van der Waals surface area (Å²) in [6.07, 6.45) is 5.27. The normalized spacial score (nSPS) is 13.6. The van der Waals surface area contributed by atoms with Crippen molar-refractivity contribution in [1.82, 2.24) is 5.43 Å². The Labute approximate surface area is 112 Å². The molecule has 0 fully saturated rings. The Kier molecular flexibility index (Phi) is 3.06. The number of ether oxygens (including phenoxy) is 1. The predicted molar refractivity (Wildman–Crippen MR) is 78.4 cm³/mol. The summed E-state index contributed by atoms with van der Waals surface area (Å²) in [5.41, 5.74) is 4.10. The topological polar surface area (TPSA) is 36.9 Å². The lowest BCUT2D eigenvalue weighted by Crippen LogP contribution is -2.34. The highest BCUT2D eigenvalue weighted by Crippen LogP contribution is 2.36. The molecular weight excluding hydrogens is 238 g/mol. The van der Waals surface area contributed by atoms with Crippen LogP contribution in [0.5, 0.6) is 5.75 Å². The molecule has 1 heterocycles. The fraction of sp³-hybridized carbons (Fsp3) is 0.133. The molecule has 2 aromatic rings. The van der Waals surface area contributed by atoms with E-state index in [0.717, 1.165) is 16.8 Å². The van der Waals surface area contributed by atoms with E-state index in [-0.39, 0.29) is 0 Å². The zero-order valence-electron chi connectivity index (χ0n) is 10.7. The van der Waals surface area contributed by atoms with Crippen molar-refractivity contribution in [3.63, 3.8) is 0 Å². The van der Waals surface area contributed by atoms with Gasteiger partial charge in [-0.15, -0.1) is 0 Å². The van der Waals surface area contributed by atoms with Gasteiger partial charge in [-0.2, -0.15) is 0 Å². The van der Waals surface area contributed by atoms with Crippen molar-refractivity contribution in [2.24, 2.45) is 4.99 Å². The van der Waals surface area contributed by atoms with Crippen LogP contribution in [0.2, 0.25) is 0 Å². The van der Waals surface area contributed by atoms with Gasteiger partial charge in [0.2, 0.25) is 0 Å². The summed E-state index contributed by atoms with van der Waals surface area (Å²) in [5.74, 6) is 0.855. The summed E-state index contributed by atoms with van der Waals surface area (Å²) in [6.45, 7) is 2.62. The molecule has 3 rings (SSSR count). The van der Waals surface area contributed by atoms with Gasteiger partial charge in [0.15, 0.2) is 0 Å². The van der Waals surface area contributed by atoms with Crippen LogP contribution < -0.4 is 15.2 Å². The molecule has 1 N–H and O–H groups in total. The van der Waals surface area contributed by atoms with Gasteiger partial charge in [0.25, 0.3) is 0 Å². The Morgan fingerprint density at radius 1 is 1.21 bits per heavy atom. The maximum absolute atomic E-state index is 5.74. The lowest BCUT2D eigenvalue weighted by Gasteiger charge is -2.25. The third kappa shape index (κ3) is 2.12. The zero-order chi connectivity index (χ0) is 13.1. The highest BCUT2D eigenvalue weighted by molar-refractivity contribution is 5.98. The van der Waals surface area contributed by atoms with Crippen LogP contribution in [0.1, 0.15) is 6.92 Å². The molecule has 4 nitrogen and oxygen atoms in total. The second-order valence-corrected chi connectivity index (χ2v) is 4.14. The summed E-state index contributed by atoms with van der Waals surface area (Å²) in [6, 6.07) is 12.3. The van der Waals surface area contributed by atoms with Gasteiger partial charge in [0, 0.05) is 17.8 Å². The van der Waals surface area contributed by atoms with Crippen LogP contribution in [-0.4, -0.2) is 12.9 Å². The molecule has 2 aromatic carbocycles. The first-order chi connectivity index (χ1) is 9.40. The Morgan fingerprint density at radius 3 is 2.89 bits per heavy atom. The molecule has 0 aromatic heterocycles. The Hall–Kier alpha value is -2.49. The summed E-state index contributed by atoms with van der Waals surface area (Å²) in [7, 11) is 0. The number of fused-ring (bicyclic) bond motifs is 1. The van der Waals surface area contributed by atoms with E-state index in [9.17, 15) is 0 Å². The average molecular weight is 253 g/mol. The minimum atomic E-state index is 0.636. The average Bonchev–Trinajstić information content (AvgIpc) is 2.48. The Morgan fingerprint density at radius 2 is 2.11 bits per heavy atom. The first-order valence-corrected chi connectivity index (χ1v) is 6.28. The fourth-order valence-electron chi connectivity index (χ4n) is 2.18. The van der Waals surface area contributed by atoms with Crippen molar-refractivity contribution in [2.45, 2.75) is 6.92 Å². The summed E-state index contributed by atoms with van der Waals surface area (Å²) in [4.78, 5) is 4.01. The maximum atomic E-state index is 5.74. The van der Waals surface area contributed by atoms with Gasteiger partial charge >= 0.3 is 0 Å². The predicted octanol–water partition coefficient (Wildman–Crippen LogP) is 3.06. The van der Waals surface area contributed by atoms with E-state index in [4.69, 9.17) is 4.74 Å². The molecular formula is C15H15N3O. The molecule has 4 heteroatoms. The largest absolute Gasteiger partial charge is 0.492 e. The molecule has 1 aliphatic rings. The number of hydrazine groups is 1. The summed E-state index contributed by atoms with van der Waals surface area (Å²) < 4.78 is 5.74. The zero-order valence-corrected chi connectivity index (χ0v) is 10.7. The molecule has 0 saturated heterocycles. The number of nitrogens with one attached hydrogen (secondary N) is 1. The first-order valence-electron chi connectivity index (χ1n) is 6.28. The van der Waals surface area contributed by atoms with Crippen LogP contribution in [0.4, 0.5) is 5.69 Å². The fourth-order valence-corrected chi connectivity index (χ4v) is 2.18. The molecule has 1 aliphatic heterocycles. The van der Waals surface area contributed by atoms with Crippen molar-refractivity contribution < 1.29 is 4.74 Å². The second kappa shape index (κ2) is 5.02. The molecule has 0 amide bonds. The van der Waals surface area contributed by atoms with Gasteiger partial charge in [-0.05, 0) is 18.4 Å². The van der Waals surface area contributed by atoms with E-state index in [1.165, 1.54) is 5.39 Å². The lowest BCUT2D eigenvalue weighted by atomic mass is 10.1. The molecule has 19 heavy (non-hydrogen) atoms. The molecule has 0 atom stereocenters. The maximum Gasteiger partial charge on any atom is 0.145 e. The number of benzene rings is 2. The number of aliphatic imine (C=N–C) groups is 1. The smallest absolute Gasteiger partial charge is 0.145 e. The number of hydrogen-bond donors (Lipinski definition) is 1. The summed E-state index contributed by atoms with van der Waals surface area (Å²) >= 11 is 0. The van der Waals surface area contributed by atoms with E-state index in [1.54, 1.807) is 12.5 Å². The van der Waals surface area contributed by atoms with Gasteiger partial charge in [0.1, 0.15) is 17.8 Å². The van der Waals surface area contributed by atoms with Crippen LogP contribution in [0.15, 0.2) is 53.8 Å². The van der Waals surface area contributed by atoms with Crippen LogP contribution >= 0.6 is 0 Å². The van der Waals surface area contributed by atoms with Crippen molar-refractivity contribution in [3.05, 3.63) is 48.8 Å². The van der Waals surface area contributed by atoms with Crippen LogP contribution in [-0.2, 0) is 0 Å². The minimum absolute atomic E-state index is 0.636. The Balaban J connectivity index is 2.19. The highest BCUT2D eigenvalue weighted by atomic mass is 16.5. The van der Waals surface area contributed by atoms with E-state index >= 15 is 0 Å². The molecule has 96 valence electrons. The van der Waals surface area contributed by atoms with Crippen LogP contribution in [0, 0.1) is 0 Å². The van der Waals surface area contributed by atoms with Crippen LogP contribution in [0.3, 0.4) is 0 Å². The van der Waals surface area contributed by atoms with E-state index in [2.05, 4.69) is 28.6 Å². The van der Waals surface area contributed by atoms with E-state index in [1.807, 2.05) is 36.3 Å². The van der Waals surface area contributed by atoms with Gasteiger partial charge in [-0.1, -0.05) is 30.3 Å². The number of rotatable bonds is 3. The highest BCUT2D eigenvalue weighted by Gasteiger charge is 2.14. The van der Waals surface area contributed by atoms with Crippen molar-refractivity contribution in [1.29, 1.82) is 0 Å². The second-order valence-electron chi connectivity index (χ2n) is 4.14. The first kappa shape index (κ1) is 11.6. The molecule has 0 radical (unpaired) electrons. The standard InChI is InChI=1S/C15H15N3O/c1-2-19-14-8-7-12-5-3-4-6-13(12)15(14)18-10-9-16-11-17-18/h3-11H,2H2,1H3,(H,16,17). The van der Waals surface area contributed by atoms with Gasteiger partial charge in [-0.25, -0.2) is 4.99 Å². The van der Waals surface area contributed by atoms with Crippen molar-refractivity contribution in [2.75, 3.05) is 11.6 Å². The quantitative estimate of drug-likeness (QED) is 0.913. The third-order valence-corrected chi connectivity index (χ3v) is 2.98. The van der Waals surface area contributed by atoms with Crippen LogP contribution in [0.25, 0.3) is 10.8 Å². The number of hydrogen-bond acceptors (Lipinski definition) is 4. The molecule has 0 saturated carbocycles. The molecule has 0 spiro atoms. The monoisotopic (exact) mass is 253 g/mol. The van der Waals surface area contributed by atoms with Crippen molar-refractivity contribution in [3.8, 4) is 5.75 Å². The molecule has 0 bridgehead atoms. The third-order valence-electron chi connectivity index (χ3n) is 2.98. The molecule has 0 aliphatic carbocycles. The summed E-state index contributed by atoms with van der Waals surface area (Å²) in [5, 5.41) is 4.24. The minimum Gasteiger partial charge on any atom is -0.492 e. The van der Waals surface area contributed by atoms with Gasteiger partial charge in [-0.3, -0.25) is 10.4 Å². The SMILES string of the molecule is CCOc1ccc2ccccc2c1N1C=CN=CN1. The van der Waals surface area contributed by atoms with Gasteiger partial charge < -0.3 is 4.74 Å². The Bertz CT molecular complexity index is 649.